The van der Waals surface area contributed by atoms with E-state index in [1.54, 1.807) is 0 Å². The number of aryl methyl sites for hydroxylation is 1. The van der Waals surface area contributed by atoms with Crippen molar-refractivity contribution in [3.63, 3.8) is 0 Å². The second-order valence-corrected chi connectivity index (χ2v) is 9.32. The predicted octanol–water partition coefficient (Wildman–Crippen LogP) is 5.69. The fourth-order valence-electron chi connectivity index (χ4n) is 4.63. The maximum absolute atomic E-state index is 6.06. The second kappa shape index (κ2) is 10.2. The lowest BCUT2D eigenvalue weighted by molar-refractivity contribution is 0.741. The van der Waals surface area contributed by atoms with Crippen LogP contribution in [0.15, 0.2) is 79.0 Å². The average Bonchev–Trinajstić information content (AvgIpc) is 2.89. The van der Waals surface area contributed by atoms with Crippen LogP contribution in [0, 0.1) is 0 Å². The Hall–Kier alpha value is -3.77. The molecule has 3 N–H and O–H groups in total. The Labute approximate surface area is 207 Å². The minimum absolute atomic E-state index is 0.0293. The van der Waals surface area contributed by atoms with Gasteiger partial charge < -0.3 is 16.0 Å². The number of benzene rings is 2. The molecule has 0 amide bonds. The van der Waals surface area contributed by atoms with Crippen LogP contribution in [0.1, 0.15) is 43.0 Å². The van der Waals surface area contributed by atoms with E-state index in [1.807, 2.05) is 37.4 Å². The molecule has 6 heteroatoms. The van der Waals surface area contributed by atoms with Crippen molar-refractivity contribution in [2.75, 3.05) is 16.8 Å². The summed E-state index contributed by atoms with van der Waals surface area (Å²) in [5.41, 5.74) is 11.8. The summed E-state index contributed by atoms with van der Waals surface area (Å²) in [6, 6.07) is 25.3. The van der Waals surface area contributed by atoms with Crippen molar-refractivity contribution in [2.45, 2.75) is 45.2 Å². The van der Waals surface area contributed by atoms with Gasteiger partial charge in [0, 0.05) is 30.4 Å². The molecule has 2 atom stereocenters. The smallest absolute Gasteiger partial charge is 0.224 e. The van der Waals surface area contributed by atoms with Crippen LogP contribution in [0.2, 0.25) is 0 Å². The first kappa shape index (κ1) is 23.0. The van der Waals surface area contributed by atoms with Crippen LogP contribution in [-0.2, 0) is 12.8 Å². The number of nitrogens with two attached hydrogens (primary N) is 1. The highest BCUT2D eigenvalue weighted by Gasteiger charge is 2.22. The monoisotopic (exact) mass is 464 g/mol. The molecule has 0 saturated heterocycles. The second-order valence-electron chi connectivity index (χ2n) is 9.32. The molecule has 0 spiro atoms. The van der Waals surface area contributed by atoms with E-state index in [4.69, 9.17) is 15.7 Å². The van der Waals surface area contributed by atoms with Crippen LogP contribution in [0.4, 0.5) is 17.6 Å². The summed E-state index contributed by atoms with van der Waals surface area (Å²) in [7, 11) is 0. The predicted molar refractivity (Wildman–Crippen MR) is 143 cm³/mol. The van der Waals surface area contributed by atoms with Gasteiger partial charge in [0.25, 0.3) is 0 Å². The summed E-state index contributed by atoms with van der Waals surface area (Å²) >= 11 is 0. The molecule has 6 nitrogen and oxygen atoms in total. The molecule has 2 aromatic carbocycles. The minimum Gasteiger partial charge on any atom is -0.351 e. The molecule has 0 unspecified atom stereocenters. The lowest BCUT2D eigenvalue weighted by Gasteiger charge is -2.30. The largest absolute Gasteiger partial charge is 0.351 e. The Balaban J connectivity index is 1.35. The molecule has 1 aliphatic heterocycles. The van der Waals surface area contributed by atoms with E-state index >= 15 is 0 Å². The zero-order valence-corrected chi connectivity index (χ0v) is 20.4. The lowest BCUT2D eigenvalue weighted by Crippen LogP contribution is -2.27. The first-order valence-corrected chi connectivity index (χ1v) is 12.3. The summed E-state index contributed by atoms with van der Waals surface area (Å²) in [4.78, 5) is 16.6. The number of hydrogen-bond acceptors (Lipinski definition) is 6. The van der Waals surface area contributed by atoms with E-state index in [-0.39, 0.29) is 12.1 Å². The van der Waals surface area contributed by atoms with Gasteiger partial charge in [0.2, 0.25) is 5.95 Å². The molecule has 0 bridgehead atoms. The lowest BCUT2D eigenvalue weighted by atomic mass is 10.0. The van der Waals surface area contributed by atoms with Gasteiger partial charge in [-0.3, -0.25) is 0 Å². The van der Waals surface area contributed by atoms with E-state index < -0.39 is 0 Å². The first-order valence-electron chi connectivity index (χ1n) is 12.3. The number of anilines is 3. The normalized spacial score (nSPS) is 14.8. The number of nitrogens with zero attached hydrogens (tertiary/aromatic N) is 4. The first-order chi connectivity index (χ1) is 17.1. The fourth-order valence-corrected chi connectivity index (χ4v) is 4.63. The highest BCUT2D eigenvalue weighted by atomic mass is 15.3. The van der Waals surface area contributed by atoms with Gasteiger partial charge in [0.15, 0.2) is 0 Å². The highest BCUT2D eigenvalue weighted by Crippen LogP contribution is 2.33. The van der Waals surface area contributed by atoms with Gasteiger partial charge in [-0.2, -0.15) is 4.98 Å². The Morgan fingerprint density at radius 1 is 0.971 bits per heavy atom. The van der Waals surface area contributed by atoms with Crippen LogP contribution in [-0.4, -0.2) is 27.5 Å². The zero-order chi connectivity index (χ0) is 24.2. The summed E-state index contributed by atoms with van der Waals surface area (Å²) in [6.07, 6.45) is 4.78. The molecule has 178 valence electrons. The molecule has 0 radical (unpaired) electrons. The average molecular weight is 465 g/mol. The summed E-state index contributed by atoms with van der Waals surface area (Å²) in [5.74, 6) is 2.49. The molecule has 0 aliphatic carbocycles. The van der Waals surface area contributed by atoms with Gasteiger partial charge in [0.05, 0.1) is 5.69 Å². The van der Waals surface area contributed by atoms with Crippen molar-refractivity contribution in [1.82, 2.24) is 15.0 Å². The van der Waals surface area contributed by atoms with Crippen LogP contribution >= 0.6 is 0 Å². The molecule has 2 aromatic heterocycles. The molecule has 4 aromatic rings. The Morgan fingerprint density at radius 2 is 1.83 bits per heavy atom. The van der Waals surface area contributed by atoms with Gasteiger partial charge in [-0.15, -0.1) is 0 Å². The van der Waals surface area contributed by atoms with Gasteiger partial charge in [0.1, 0.15) is 11.6 Å². The van der Waals surface area contributed by atoms with Crippen molar-refractivity contribution in [3.8, 4) is 11.3 Å². The van der Waals surface area contributed by atoms with E-state index in [0.717, 1.165) is 54.3 Å². The topological polar surface area (TPSA) is 80.0 Å². The molecular weight excluding hydrogens is 432 g/mol. The van der Waals surface area contributed by atoms with Crippen molar-refractivity contribution < 1.29 is 0 Å². The number of rotatable bonds is 7. The van der Waals surface area contributed by atoms with E-state index in [9.17, 15) is 0 Å². The van der Waals surface area contributed by atoms with Crippen LogP contribution < -0.4 is 16.0 Å². The number of fused-ring (bicyclic) bond motifs is 1. The van der Waals surface area contributed by atoms with Crippen molar-refractivity contribution in [1.29, 1.82) is 0 Å². The molecular formula is C29H32N6. The molecule has 0 saturated carbocycles. The Morgan fingerprint density at radius 3 is 2.66 bits per heavy atom. The van der Waals surface area contributed by atoms with Crippen molar-refractivity contribution >= 4 is 17.6 Å². The van der Waals surface area contributed by atoms with E-state index in [1.165, 1.54) is 11.1 Å². The molecule has 5 rings (SSSR count). The summed E-state index contributed by atoms with van der Waals surface area (Å²) in [5, 5.41) is 3.48. The van der Waals surface area contributed by atoms with Gasteiger partial charge in [-0.05, 0) is 61.9 Å². The maximum atomic E-state index is 6.06. The Kier molecular flexibility index (Phi) is 6.73. The fraction of sp³-hybridized carbons (Fsp3) is 0.276. The third kappa shape index (κ3) is 5.33. The summed E-state index contributed by atoms with van der Waals surface area (Å²) < 4.78 is 0. The molecule has 0 fully saturated rings. The summed E-state index contributed by atoms with van der Waals surface area (Å²) in [6.45, 7) is 5.04. The molecule has 35 heavy (non-hydrogen) atoms. The number of nitrogens with one attached hydrogen (secondary N) is 1. The number of aromatic nitrogens is 3. The van der Waals surface area contributed by atoms with Crippen LogP contribution in [0.5, 0.6) is 0 Å². The quantitative estimate of drug-likeness (QED) is 0.366. The minimum atomic E-state index is 0.0293. The third-order valence-electron chi connectivity index (χ3n) is 6.42. The van der Waals surface area contributed by atoms with Crippen LogP contribution in [0.3, 0.4) is 0 Å². The van der Waals surface area contributed by atoms with E-state index in [0.29, 0.717) is 5.95 Å². The maximum Gasteiger partial charge on any atom is 0.224 e. The van der Waals surface area contributed by atoms with Gasteiger partial charge in [-0.25, -0.2) is 9.97 Å². The SMILES string of the molecule is C[C@@H](Cc1cccc([C@@H](C)N)c1)Nc1nccc(N2CCCc3ccc(-c4ccccc4)nc32)n1. The number of pyridine rings is 1. The molecule has 3 heterocycles. The van der Waals surface area contributed by atoms with Gasteiger partial charge >= 0.3 is 0 Å². The Bertz CT molecular complexity index is 1290. The standard InChI is InChI=1S/C29H32N6/c1-20(18-22-8-6-11-25(19-22)21(2)30)32-29-31-16-15-27(34-29)35-17-7-12-24-13-14-26(33-28(24)35)23-9-4-3-5-10-23/h3-6,8-11,13-16,19-21H,7,12,17-18,30H2,1-2H3,(H,31,32,34)/t20-,21+/m0/s1. The molecule has 1 aliphatic rings. The highest BCUT2D eigenvalue weighted by molar-refractivity contribution is 5.68. The number of hydrogen-bond donors (Lipinski definition) is 2. The van der Waals surface area contributed by atoms with Crippen molar-refractivity contribution in [3.05, 3.63) is 95.7 Å². The third-order valence-corrected chi connectivity index (χ3v) is 6.42. The van der Waals surface area contributed by atoms with E-state index in [2.05, 4.69) is 70.7 Å². The zero-order valence-electron chi connectivity index (χ0n) is 20.4. The van der Waals surface area contributed by atoms with Gasteiger partial charge in [-0.1, -0.05) is 60.7 Å². The van der Waals surface area contributed by atoms with Crippen molar-refractivity contribution in [2.24, 2.45) is 5.73 Å². The van der Waals surface area contributed by atoms with Crippen LogP contribution in [0.25, 0.3) is 11.3 Å².